The number of hydrogen-bond donors (Lipinski definition) is 3. The summed E-state index contributed by atoms with van der Waals surface area (Å²) in [5.74, 6) is 0.181. The highest BCUT2D eigenvalue weighted by Gasteiger charge is 2.39. The van der Waals surface area contributed by atoms with E-state index in [1.165, 1.54) is 0 Å². The molecule has 0 aliphatic rings. The molecule has 0 aromatic heterocycles. The van der Waals surface area contributed by atoms with E-state index >= 15 is 0 Å². The zero-order chi connectivity index (χ0) is 31.1. The fourth-order valence-corrected chi connectivity index (χ4v) is 6.02. The Kier molecular flexibility index (Phi) is 11.2. The van der Waals surface area contributed by atoms with Gasteiger partial charge in [-0.2, -0.15) is 0 Å². The van der Waals surface area contributed by atoms with Gasteiger partial charge in [0.2, 0.25) is 5.91 Å². The Hall–Kier alpha value is -2.97. The van der Waals surface area contributed by atoms with Crippen LogP contribution in [0.25, 0.3) is 0 Å². The molecule has 0 heterocycles. The molecule has 1 atom stereocenters. The Balaban J connectivity index is 1.70. The van der Waals surface area contributed by atoms with Crippen molar-refractivity contribution in [1.82, 2.24) is 10.2 Å². The zero-order valence-electron chi connectivity index (χ0n) is 26.7. The number of amides is 1. The molecule has 0 radical (unpaired) electrons. The van der Waals surface area contributed by atoms with Crippen molar-refractivity contribution in [3.63, 3.8) is 0 Å². The molecule has 3 rings (SSSR count). The molecule has 0 spiro atoms. The molecule has 1 amide bonds. The number of aliphatic hydroxyl groups is 1. The minimum atomic E-state index is -2.12. The lowest BCUT2D eigenvalue weighted by Gasteiger charge is -2.40. The third kappa shape index (κ3) is 9.53. The maximum atomic E-state index is 12.9. The van der Waals surface area contributed by atoms with Crippen LogP contribution in [-0.2, 0) is 35.2 Å². The van der Waals surface area contributed by atoms with Crippen LogP contribution in [0.3, 0.4) is 0 Å². The maximum absolute atomic E-state index is 12.9. The molecule has 228 valence electrons. The van der Waals surface area contributed by atoms with Crippen molar-refractivity contribution in [1.29, 1.82) is 0 Å². The third-order valence-electron chi connectivity index (χ3n) is 8.34. The molecular formula is C35H50N2O4Si. The van der Waals surface area contributed by atoms with Gasteiger partial charge in [0.25, 0.3) is 0 Å². The summed E-state index contributed by atoms with van der Waals surface area (Å²) in [4.78, 5) is 14.7. The number of likely N-dealkylation sites (N-methyl/N-ethyl adjacent to an activating group) is 1. The second kappa shape index (κ2) is 14.0. The summed E-state index contributed by atoms with van der Waals surface area (Å²) < 4.78 is 6.87. The van der Waals surface area contributed by atoms with Crippen LogP contribution in [0.15, 0.2) is 72.8 Å². The smallest absolute Gasteiger partial charge is 0.227 e. The maximum Gasteiger partial charge on any atom is 0.227 e. The van der Waals surface area contributed by atoms with Crippen LogP contribution in [0.2, 0.25) is 18.1 Å². The summed E-state index contributed by atoms with van der Waals surface area (Å²) in [7, 11) is -0.268. The minimum absolute atomic E-state index is 0.0323. The monoisotopic (exact) mass is 590 g/mol. The van der Waals surface area contributed by atoms with Gasteiger partial charge >= 0.3 is 0 Å². The minimum Gasteiger partial charge on any atom is -0.508 e. The molecule has 0 bridgehead atoms. The van der Waals surface area contributed by atoms with Gasteiger partial charge < -0.3 is 24.9 Å². The quantitative estimate of drug-likeness (QED) is 0.192. The van der Waals surface area contributed by atoms with Gasteiger partial charge in [-0.15, -0.1) is 0 Å². The summed E-state index contributed by atoms with van der Waals surface area (Å²) in [5.41, 5.74) is 4.47. The number of carbonyl (C=O) groups is 1. The van der Waals surface area contributed by atoms with Gasteiger partial charge in [-0.25, -0.2) is 0 Å². The Morgan fingerprint density at radius 3 is 2.21 bits per heavy atom. The van der Waals surface area contributed by atoms with Crippen LogP contribution in [0.1, 0.15) is 68.5 Å². The summed E-state index contributed by atoms with van der Waals surface area (Å²) in [5, 5.41) is 23.7. The summed E-state index contributed by atoms with van der Waals surface area (Å²) in [6.07, 6.45) is 0.904. The number of nitrogens with one attached hydrogen (secondary N) is 1. The van der Waals surface area contributed by atoms with Crippen LogP contribution in [-0.4, -0.2) is 48.5 Å². The largest absolute Gasteiger partial charge is 0.508 e. The SMILES string of the molecule is CN(Cc1ccccc1)C(=O)Cc1cccc(CC(C)(C)NC[C@@H](O[Si](C)(C)C(C)(C)C)c2ccc(O)c(CO)c2)c1. The number of aromatic hydroxyl groups is 1. The molecule has 0 fully saturated rings. The topological polar surface area (TPSA) is 82.0 Å². The Bertz CT molecular complexity index is 1320. The number of rotatable bonds is 13. The number of carbonyl (C=O) groups excluding carboxylic acids is 1. The molecule has 0 unspecified atom stereocenters. The molecule has 0 saturated carbocycles. The molecule has 0 aliphatic heterocycles. The lowest BCUT2D eigenvalue weighted by atomic mass is 9.93. The Morgan fingerprint density at radius 1 is 0.929 bits per heavy atom. The van der Waals surface area contributed by atoms with E-state index in [0.717, 1.165) is 28.7 Å². The van der Waals surface area contributed by atoms with Crippen LogP contribution >= 0.6 is 0 Å². The van der Waals surface area contributed by atoms with Gasteiger partial charge in [-0.1, -0.05) is 81.4 Å². The van der Waals surface area contributed by atoms with E-state index in [9.17, 15) is 15.0 Å². The fraction of sp³-hybridized carbons (Fsp3) is 0.457. The number of nitrogens with zero attached hydrogens (tertiary/aromatic N) is 1. The van der Waals surface area contributed by atoms with Crippen molar-refractivity contribution in [2.24, 2.45) is 0 Å². The normalized spacial score (nSPS) is 13.2. The van der Waals surface area contributed by atoms with E-state index in [4.69, 9.17) is 4.43 Å². The molecule has 0 saturated heterocycles. The van der Waals surface area contributed by atoms with E-state index in [1.807, 2.05) is 61.6 Å². The van der Waals surface area contributed by atoms with Crippen LogP contribution < -0.4 is 5.32 Å². The van der Waals surface area contributed by atoms with E-state index in [1.54, 1.807) is 11.0 Å². The molecule has 3 aromatic carbocycles. The van der Waals surface area contributed by atoms with Crippen LogP contribution in [0, 0.1) is 0 Å². The number of aliphatic hydroxyl groups excluding tert-OH is 1. The van der Waals surface area contributed by atoms with Gasteiger partial charge in [0.1, 0.15) is 5.75 Å². The predicted molar refractivity (Wildman–Crippen MR) is 174 cm³/mol. The lowest BCUT2D eigenvalue weighted by Crippen LogP contribution is -2.47. The van der Waals surface area contributed by atoms with Crippen molar-refractivity contribution in [3.05, 3.63) is 101 Å². The molecule has 0 aliphatic carbocycles. The number of phenols is 1. The van der Waals surface area contributed by atoms with Crippen LogP contribution in [0.4, 0.5) is 0 Å². The van der Waals surface area contributed by atoms with Crippen molar-refractivity contribution >= 4 is 14.2 Å². The van der Waals surface area contributed by atoms with Gasteiger partial charge in [0.15, 0.2) is 8.32 Å². The number of benzene rings is 3. The van der Waals surface area contributed by atoms with Crippen LogP contribution in [0.5, 0.6) is 5.75 Å². The molecular weight excluding hydrogens is 540 g/mol. The lowest BCUT2D eigenvalue weighted by molar-refractivity contribution is -0.129. The molecule has 3 aromatic rings. The standard InChI is InChI=1S/C35H50N2O4Si/c1-34(2,3)42(7,8)41-32(29-17-18-31(39)30(21-29)25-38)23-36-35(4,5)22-28-16-12-15-27(19-28)20-33(40)37(6)24-26-13-10-9-11-14-26/h9-19,21,32,36,38-39H,20,22-25H2,1-8H3/t32-/m1/s1. The van der Waals surface area contributed by atoms with Gasteiger partial charge in [-0.3, -0.25) is 4.79 Å². The molecule has 6 nitrogen and oxygen atoms in total. The van der Waals surface area contributed by atoms with Gasteiger partial charge in [0, 0.05) is 31.2 Å². The van der Waals surface area contributed by atoms with E-state index in [0.29, 0.717) is 25.1 Å². The first kappa shape index (κ1) is 33.5. The second-order valence-electron chi connectivity index (χ2n) is 13.6. The van der Waals surface area contributed by atoms with Crippen molar-refractivity contribution in [3.8, 4) is 5.75 Å². The van der Waals surface area contributed by atoms with E-state index in [-0.39, 0.29) is 34.9 Å². The zero-order valence-corrected chi connectivity index (χ0v) is 27.7. The first-order valence-electron chi connectivity index (χ1n) is 14.8. The molecule has 7 heteroatoms. The average molecular weight is 591 g/mol. The van der Waals surface area contributed by atoms with E-state index < -0.39 is 8.32 Å². The summed E-state index contributed by atoms with van der Waals surface area (Å²) >= 11 is 0. The first-order valence-corrected chi connectivity index (χ1v) is 17.7. The highest BCUT2D eigenvalue weighted by atomic mass is 28.4. The first-order chi connectivity index (χ1) is 19.6. The second-order valence-corrected chi connectivity index (χ2v) is 18.3. The van der Waals surface area contributed by atoms with Gasteiger partial charge in [0.05, 0.1) is 19.1 Å². The van der Waals surface area contributed by atoms with Crippen molar-refractivity contribution < 1.29 is 19.4 Å². The Labute approximate surface area is 253 Å². The third-order valence-corrected chi connectivity index (χ3v) is 12.8. The fourth-order valence-electron chi connectivity index (χ4n) is 4.74. The summed E-state index contributed by atoms with van der Waals surface area (Å²) in [6.45, 7) is 16.4. The van der Waals surface area contributed by atoms with Crippen molar-refractivity contribution in [2.45, 2.75) is 90.4 Å². The molecule has 3 N–H and O–H groups in total. The van der Waals surface area contributed by atoms with E-state index in [2.05, 4.69) is 65.2 Å². The highest BCUT2D eigenvalue weighted by Crippen LogP contribution is 2.40. The average Bonchev–Trinajstić information content (AvgIpc) is 2.91. The van der Waals surface area contributed by atoms with Gasteiger partial charge in [-0.05, 0) is 72.8 Å². The molecule has 42 heavy (non-hydrogen) atoms. The Morgan fingerprint density at radius 2 is 1.57 bits per heavy atom. The van der Waals surface area contributed by atoms with Crippen molar-refractivity contribution in [2.75, 3.05) is 13.6 Å². The number of hydrogen-bond acceptors (Lipinski definition) is 5. The predicted octanol–water partition coefficient (Wildman–Crippen LogP) is 6.76. The summed E-state index contributed by atoms with van der Waals surface area (Å²) in [6, 6.07) is 23.7. The highest BCUT2D eigenvalue weighted by molar-refractivity contribution is 6.74.